The van der Waals surface area contributed by atoms with Gasteiger partial charge in [-0.1, -0.05) is 13.8 Å². The third-order valence-electron chi connectivity index (χ3n) is 3.20. The van der Waals surface area contributed by atoms with Crippen molar-refractivity contribution in [1.29, 1.82) is 0 Å². The first kappa shape index (κ1) is 12.5. The molecule has 0 heterocycles. The number of carbonyl (C=O) groups is 1. The van der Waals surface area contributed by atoms with Crippen molar-refractivity contribution in [2.75, 3.05) is 32.7 Å². The van der Waals surface area contributed by atoms with Gasteiger partial charge >= 0.3 is 0 Å². The van der Waals surface area contributed by atoms with Gasteiger partial charge in [0, 0.05) is 25.6 Å². The normalized spacial score (nSPS) is 15.7. The standard InChI is InChI=1S/C12H24N2O/c1-4-13(5-2)9-10-14(6-3)12(15)11-7-8-11/h11H,4-10H2,1-3H3. The van der Waals surface area contributed by atoms with Crippen molar-refractivity contribution in [2.45, 2.75) is 33.6 Å². The van der Waals surface area contributed by atoms with E-state index in [4.69, 9.17) is 0 Å². The first-order valence-electron chi connectivity index (χ1n) is 6.24. The molecule has 1 fully saturated rings. The fourth-order valence-corrected chi connectivity index (χ4v) is 1.81. The Morgan fingerprint density at radius 2 is 1.67 bits per heavy atom. The first-order valence-corrected chi connectivity index (χ1v) is 6.24. The average Bonchev–Trinajstić information content (AvgIpc) is 3.07. The van der Waals surface area contributed by atoms with Gasteiger partial charge in [0.05, 0.1) is 0 Å². The molecule has 0 radical (unpaired) electrons. The molecule has 3 heteroatoms. The summed E-state index contributed by atoms with van der Waals surface area (Å²) in [7, 11) is 0. The lowest BCUT2D eigenvalue weighted by Gasteiger charge is -2.25. The monoisotopic (exact) mass is 212 g/mol. The van der Waals surface area contributed by atoms with Crippen molar-refractivity contribution in [3.63, 3.8) is 0 Å². The van der Waals surface area contributed by atoms with Gasteiger partial charge in [0.25, 0.3) is 0 Å². The Balaban J connectivity index is 2.29. The zero-order valence-electron chi connectivity index (χ0n) is 10.3. The molecule has 1 amide bonds. The topological polar surface area (TPSA) is 23.6 Å². The molecule has 3 nitrogen and oxygen atoms in total. The molecular formula is C12H24N2O. The van der Waals surface area contributed by atoms with Crippen LogP contribution in [0.3, 0.4) is 0 Å². The second-order valence-electron chi connectivity index (χ2n) is 4.22. The second-order valence-corrected chi connectivity index (χ2v) is 4.22. The Morgan fingerprint density at radius 1 is 1.07 bits per heavy atom. The first-order chi connectivity index (χ1) is 7.22. The molecule has 1 saturated carbocycles. The molecule has 0 aromatic heterocycles. The number of likely N-dealkylation sites (N-methyl/N-ethyl adjacent to an activating group) is 2. The van der Waals surface area contributed by atoms with Crippen LogP contribution in [-0.2, 0) is 4.79 Å². The van der Waals surface area contributed by atoms with Crippen LogP contribution in [0.4, 0.5) is 0 Å². The fourth-order valence-electron chi connectivity index (χ4n) is 1.81. The van der Waals surface area contributed by atoms with E-state index in [0.717, 1.165) is 45.6 Å². The summed E-state index contributed by atoms with van der Waals surface area (Å²) < 4.78 is 0. The van der Waals surface area contributed by atoms with Crippen LogP contribution in [0.5, 0.6) is 0 Å². The lowest BCUT2D eigenvalue weighted by Crippen LogP contribution is -2.39. The SMILES string of the molecule is CCN(CC)CCN(CC)C(=O)C1CC1. The number of hydrogen-bond donors (Lipinski definition) is 0. The van der Waals surface area contributed by atoms with E-state index in [9.17, 15) is 4.79 Å². The van der Waals surface area contributed by atoms with Crippen LogP contribution in [-0.4, -0.2) is 48.4 Å². The zero-order valence-corrected chi connectivity index (χ0v) is 10.3. The van der Waals surface area contributed by atoms with Crippen LogP contribution < -0.4 is 0 Å². The molecule has 0 saturated heterocycles. The molecule has 0 bridgehead atoms. The molecular weight excluding hydrogens is 188 g/mol. The van der Waals surface area contributed by atoms with Crippen molar-refractivity contribution in [3.05, 3.63) is 0 Å². The van der Waals surface area contributed by atoms with Gasteiger partial charge in [0.15, 0.2) is 0 Å². The number of rotatable bonds is 7. The van der Waals surface area contributed by atoms with E-state index in [1.54, 1.807) is 0 Å². The van der Waals surface area contributed by atoms with Crippen molar-refractivity contribution < 1.29 is 4.79 Å². The molecule has 1 rings (SSSR count). The molecule has 0 unspecified atom stereocenters. The Bertz CT molecular complexity index is 198. The minimum atomic E-state index is 0.363. The fraction of sp³-hybridized carbons (Fsp3) is 0.917. The molecule has 1 aliphatic carbocycles. The average molecular weight is 212 g/mol. The van der Waals surface area contributed by atoms with Crippen LogP contribution in [0.1, 0.15) is 33.6 Å². The predicted octanol–water partition coefficient (Wildman–Crippen LogP) is 1.59. The van der Waals surface area contributed by atoms with Crippen molar-refractivity contribution in [3.8, 4) is 0 Å². The molecule has 0 aromatic carbocycles. The van der Waals surface area contributed by atoms with E-state index >= 15 is 0 Å². The Hall–Kier alpha value is -0.570. The molecule has 88 valence electrons. The summed E-state index contributed by atoms with van der Waals surface area (Å²) in [6.45, 7) is 11.3. The van der Waals surface area contributed by atoms with Gasteiger partial charge in [0.1, 0.15) is 0 Å². The highest BCUT2D eigenvalue weighted by molar-refractivity contribution is 5.81. The maximum absolute atomic E-state index is 11.8. The smallest absolute Gasteiger partial charge is 0.225 e. The molecule has 0 aliphatic heterocycles. The van der Waals surface area contributed by atoms with Crippen LogP contribution in [0.25, 0.3) is 0 Å². The summed E-state index contributed by atoms with van der Waals surface area (Å²) in [5.74, 6) is 0.742. The molecule has 1 aliphatic rings. The van der Waals surface area contributed by atoms with Crippen LogP contribution in [0.2, 0.25) is 0 Å². The summed E-state index contributed by atoms with van der Waals surface area (Å²) in [4.78, 5) is 16.2. The maximum Gasteiger partial charge on any atom is 0.225 e. The van der Waals surface area contributed by atoms with E-state index in [1.807, 2.05) is 4.90 Å². The summed E-state index contributed by atoms with van der Waals surface area (Å²) in [5.41, 5.74) is 0. The largest absolute Gasteiger partial charge is 0.341 e. The van der Waals surface area contributed by atoms with Crippen LogP contribution in [0, 0.1) is 5.92 Å². The molecule has 0 N–H and O–H groups in total. The molecule has 0 spiro atoms. The number of amides is 1. The Kier molecular flexibility index (Phi) is 5.09. The van der Waals surface area contributed by atoms with E-state index < -0.39 is 0 Å². The molecule has 0 atom stereocenters. The minimum Gasteiger partial charge on any atom is -0.341 e. The second kappa shape index (κ2) is 6.11. The quantitative estimate of drug-likeness (QED) is 0.640. The van der Waals surface area contributed by atoms with Crippen LogP contribution in [0.15, 0.2) is 0 Å². The summed E-state index contributed by atoms with van der Waals surface area (Å²) >= 11 is 0. The van der Waals surface area contributed by atoms with Crippen LogP contribution >= 0.6 is 0 Å². The summed E-state index contributed by atoms with van der Waals surface area (Å²) in [6, 6.07) is 0. The van der Waals surface area contributed by atoms with Gasteiger partial charge < -0.3 is 9.80 Å². The van der Waals surface area contributed by atoms with Crippen molar-refractivity contribution >= 4 is 5.91 Å². The summed E-state index contributed by atoms with van der Waals surface area (Å²) in [5, 5.41) is 0. The van der Waals surface area contributed by atoms with Gasteiger partial charge in [-0.05, 0) is 32.9 Å². The predicted molar refractivity (Wildman–Crippen MR) is 62.8 cm³/mol. The third-order valence-corrected chi connectivity index (χ3v) is 3.20. The highest BCUT2D eigenvalue weighted by Crippen LogP contribution is 2.30. The van der Waals surface area contributed by atoms with Gasteiger partial charge in [0.2, 0.25) is 5.91 Å². The summed E-state index contributed by atoms with van der Waals surface area (Å²) in [6.07, 6.45) is 2.22. The van der Waals surface area contributed by atoms with E-state index in [-0.39, 0.29) is 0 Å². The zero-order chi connectivity index (χ0) is 11.3. The lowest BCUT2D eigenvalue weighted by atomic mass is 10.3. The van der Waals surface area contributed by atoms with E-state index in [0.29, 0.717) is 11.8 Å². The minimum absolute atomic E-state index is 0.363. The van der Waals surface area contributed by atoms with Gasteiger partial charge in [-0.3, -0.25) is 4.79 Å². The third kappa shape index (κ3) is 3.82. The lowest BCUT2D eigenvalue weighted by molar-refractivity contribution is -0.132. The number of carbonyl (C=O) groups excluding carboxylic acids is 1. The Labute approximate surface area is 93.4 Å². The maximum atomic E-state index is 11.8. The van der Waals surface area contributed by atoms with Crippen molar-refractivity contribution in [2.24, 2.45) is 5.92 Å². The van der Waals surface area contributed by atoms with E-state index in [2.05, 4.69) is 25.7 Å². The van der Waals surface area contributed by atoms with Gasteiger partial charge in [-0.2, -0.15) is 0 Å². The molecule has 15 heavy (non-hydrogen) atoms. The number of nitrogens with zero attached hydrogens (tertiary/aromatic N) is 2. The highest BCUT2D eigenvalue weighted by Gasteiger charge is 2.32. The highest BCUT2D eigenvalue weighted by atomic mass is 16.2. The Morgan fingerprint density at radius 3 is 2.07 bits per heavy atom. The van der Waals surface area contributed by atoms with Gasteiger partial charge in [-0.25, -0.2) is 0 Å². The number of hydrogen-bond acceptors (Lipinski definition) is 2. The van der Waals surface area contributed by atoms with Crippen molar-refractivity contribution in [1.82, 2.24) is 9.80 Å². The van der Waals surface area contributed by atoms with Gasteiger partial charge in [-0.15, -0.1) is 0 Å². The molecule has 0 aromatic rings. The van der Waals surface area contributed by atoms with E-state index in [1.165, 1.54) is 0 Å².